The van der Waals surface area contributed by atoms with E-state index >= 15 is 0 Å². The number of ether oxygens (including phenoxy) is 1. The Kier molecular flexibility index (Phi) is 4.37. The van der Waals surface area contributed by atoms with Crippen molar-refractivity contribution >= 4 is 16.3 Å². The van der Waals surface area contributed by atoms with Crippen LogP contribution in [0.5, 0.6) is 5.75 Å². The molecule has 2 rings (SSSR count). The Labute approximate surface area is 129 Å². The Hall–Kier alpha value is -2.15. The van der Waals surface area contributed by atoms with Crippen LogP contribution in [0, 0.1) is 6.92 Å². The van der Waals surface area contributed by atoms with Crippen LogP contribution in [0.3, 0.4) is 0 Å². The summed E-state index contributed by atoms with van der Waals surface area (Å²) in [6, 6.07) is 3.48. The lowest BCUT2D eigenvalue weighted by Gasteiger charge is -2.10. The van der Waals surface area contributed by atoms with Crippen LogP contribution in [0.4, 0.5) is 0 Å². The highest BCUT2D eigenvalue weighted by Gasteiger charge is 2.20. The van der Waals surface area contributed by atoms with Crippen LogP contribution < -0.4 is 4.74 Å². The van der Waals surface area contributed by atoms with Gasteiger partial charge in [-0.15, -0.1) is 0 Å². The van der Waals surface area contributed by atoms with Gasteiger partial charge < -0.3 is 4.74 Å². The molecule has 6 nitrogen and oxygen atoms in total. The summed E-state index contributed by atoms with van der Waals surface area (Å²) >= 11 is 0. The zero-order chi connectivity index (χ0) is 16.5. The Morgan fingerprint density at radius 2 is 1.95 bits per heavy atom. The molecule has 0 aliphatic carbocycles. The molecule has 0 bridgehead atoms. The number of hydrogen-bond acceptors (Lipinski definition) is 5. The molecule has 0 aliphatic heterocycles. The van der Waals surface area contributed by atoms with Crippen molar-refractivity contribution in [3.05, 3.63) is 35.7 Å². The van der Waals surface area contributed by atoms with Crippen LogP contribution in [0.2, 0.25) is 0 Å². The molecule has 0 N–H and O–H groups in total. The van der Waals surface area contributed by atoms with Crippen molar-refractivity contribution in [1.82, 2.24) is 9.19 Å². The Bertz CT molecular complexity index is 807. The maximum atomic E-state index is 12.1. The van der Waals surface area contributed by atoms with E-state index in [0.717, 1.165) is 9.65 Å². The molecule has 7 heteroatoms. The molecule has 22 heavy (non-hydrogen) atoms. The monoisotopic (exact) mass is 322 g/mol. The molecule has 0 fully saturated rings. The van der Waals surface area contributed by atoms with Crippen LogP contribution >= 0.6 is 0 Å². The molecule has 0 radical (unpaired) electrons. The fourth-order valence-corrected chi connectivity index (χ4v) is 3.01. The van der Waals surface area contributed by atoms with E-state index in [0.29, 0.717) is 28.7 Å². The summed E-state index contributed by atoms with van der Waals surface area (Å²) < 4.78 is 30.3. The Morgan fingerprint density at radius 3 is 2.50 bits per heavy atom. The van der Waals surface area contributed by atoms with E-state index < -0.39 is 15.3 Å². The minimum absolute atomic E-state index is 0.414. The number of aromatic nitrogens is 2. The lowest BCUT2D eigenvalue weighted by atomic mass is 10.0. The molecule has 0 aliphatic rings. The SMILES string of the molecule is COc1c(C)cc(-c2cnn(S(=O)(=O)C(C)C)c2)cc1C=O. The summed E-state index contributed by atoms with van der Waals surface area (Å²) in [5.41, 5.74) is 2.54. The molecule has 0 atom stereocenters. The lowest BCUT2D eigenvalue weighted by molar-refractivity contribution is 0.112. The van der Waals surface area contributed by atoms with E-state index in [1.165, 1.54) is 19.5 Å². The predicted octanol–water partition coefficient (Wildman–Crippen LogP) is 2.27. The van der Waals surface area contributed by atoms with Gasteiger partial charge in [-0.3, -0.25) is 4.79 Å². The first-order valence-corrected chi connectivity index (χ1v) is 8.24. The van der Waals surface area contributed by atoms with Gasteiger partial charge in [-0.25, -0.2) is 8.42 Å². The number of nitrogens with zero attached hydrogens (tertiary/aromatic N) is 2. The molecule has 0 saturated heterocycles. The molecule has 0 spiro atoms. The third kappa shape index (κ3) is 2.76. The number of aryl methyl sites for hydroxylation is 1. The summed E-state index contributed by atoms with van der Waals surface area (Å²) in [6.07, 6.45) is 3.63. The smallest absolute Gasteiger partial charge is 0.256 e. The number of hydrogen-bond donors (Lipinski definition) is 0. The standard InChI is InChI=1S/C15H18N2O4S/c1-10(2)22(19,20)17-8-14(7-16-17)12-5-11(3)15(21-4)13(6-12)9-18/h5-10H,1-4H3. The van der Waals surface area contributed by atoms with Crippen molar-refractivity contribution in [1.29, 1.82) is 0 Å². The summed E-state index contributed by atoms with van der Waals surface area (Å²) in [4.78, 5) is 11.2. The highest BCUT2D eigenvalue weighted by Crippen LogP contribution is 2.29. The van der Waals surface area contributed by atoms with Crippen LogP contribution in [-0.4, -0.2) is 36.2 Å². The first kappa shape index (κ1) is 16.2. The van der Waals surface area contributed by atoms with E-state index in [1.54, 1.807) is 19.9 Å². The molecule has 118 valence electrons. The van der Waals surface area contributed by atoms with Gasteiger partial charge in [-0.05, 0) is 44.0 Å². The average molecular weight is 322 g/mol. The maximum Gasteiger partial charge on any atom is 0.256 e. The number of carbonyl (C=O) groups is 1. The normalized spacial score (nSPS) is 11.7. The van der Waals surface area contributed by atoms with Crippen molar-refractivity contribution in [2.75, 3.05) is 7.11 Å². The van der Waals surface area contributed by atoms with Gasteiger partial charge in [0.1, 0.15) is 5.75 Å². The average Bonchev–Trinajstić information content (AvgIpc) is 2.96. The summed E-state index contributed by atoms with van der Waals surface area (Å²) in [6.45, 7) is 5.02. The fraction of sp³-hybridized carbons (Fsp3) is 0.333. The van der Waals surface area contributed by atoms with Crippen LogP contribution in [0.1, 0.15) is 29.8 Å². The van der Waals surface area contributed by atoms with E-state index in [2.05, 4.69) is 5.10 Å². The maximum absolute atomic E-state index is 12.1. The number of aldehydes is 1. The zero-order valence-electron chi connectivity index (χ0n) is 12.9. The van der Waals surface area contributed by atoms with Gasteiger partial charge in [-0.1, -0.05) is 0 Å². The Morgan fingerprint density at radius 1 is 1.27 bits per heavy atom. The van der Waals surface area contributed by atoms with Crippen molar-refractivity contribution in [2.45, 2.75) is 26.0 Å². The van der Waals surface area contributed by atoms with Gasteiger partial charge in [0.05, 0.1) is 30.3 Å². The molecule has 1 aromatic carbocycles. The van der Waals surface area contributed by atoms with Gasteiger partial charge in [0, 0.05) is 5.56 Å². The highest BCUT2D eigenvalue weighted by molar-refractivity contribution is 7.90. The summed E-state index contributed by atoms with van der Waals surface area (Å²) in [5.74, 6) is 0.515. The van der Waals surface area contributed by atoms with Crippen LogP contribution in [0.25, 0.3) is 11.1 Å². The minimum Gasteiger partial charge on any atom is -0.496 e. The van der Waals surface area contributed by atoms with E-state index in [4.69, 9.17) is 4.74 Å². The molecule has 0 amide bonds. The van der Waals surface area contributed by atoms with E-state index in [-0.39, 0.29) is 0 Å². The van der Waals surface area contributed by atoms with Gasteiger partial charge >= 0.3 is 0 Å². The first-order chi connectivity index (χ1) is 10.3. The predicted molar refractivity (Wildman–Crippen MR) is 83.8 cm³/mol. The first-order valence-electron chi connectivity index (χ1n) is 6.74. The molecule has 1 heterocycles. The number of rotatable bonds is 5. The van der Waals surface area contributed by atoms with Crippen molar-refractivity contribution in [3.8, 4) is 16.9 Å². The molecule has 2 aromatic rings. The summed E-state index contributed by atoms with van der Waals surface area (Å²) in [7, 11) is -1.99. The van der Waals surface area contributed by atoms with Crippen molar-refractivity contribution in [3.63, 3.8) is 0 Å². The van der Waals surface area contributed by atoms with Gasteiger partial charge in [-0.2, -0.15) is 9.19 Å². The number of carbonyl (C=O) groups excluding carboxylic acids is 1. The summed E-state index contributed by atoms with van der Waals surface area (Å²) in [5, 5.41) is 3.36. The second-order valence-electron chi connectivity index (χ2n) is 5.23. The minimum atomic E-state index is -3.49. The van der Waals surface area contributed by atoms with E-state index in [1.807, 2.05) is 13.0 Å². The van der Waals surface area contributed by atoms with Crippen molar-refractivity contribution < 1.29 is 17.9 Å². The second-order valence-corrected chi connectivity index (χ2v) is 7.58. The molecule has 0 unspecified atom stereocenters. The topological polar surface area (TPSA) is 78.3 Å². The largest absolute Gasteiger partial charge is 0.496 e. The quantitative estimate of drug-likeness (QED) is 0.789. The molecular weight excluding hydrogens is 304 g/mol. The fourth-order valence-electron chi connectivity index (χ4n) is 2.14. The molecule has 0 saturated carbocycles. The second kappa shape index (κ2) is 5.92. The third-order valence-electron chi connectivity index (χ3n) is 3.38. The van der Waals surface area contributed by atoms with Gasteiger partial charge in [0.25, 0.3) is 10.0 Å². The van der Waals surface area contributed by atoms with Crippen LogP contribution in [0.15, 0.2) is 24.5 Å². The van der Waals surface area contributed by atoms with Crippen molar-refractivity contribution in [2.24, 2.45) is 0 Å². The third-order valence-corrected chi connectivity index (χ3v) is 5.30. The number of benzene rings is 1. The van der Waals surface area contributed by atoms with E-state index in [9.17, 15) is 13.2 Å². The van der Waals surface area contributed by atoms with Gasteiger partial charge in [0.2, 0.25) is 0 Å². The Balaban J connectivity index is 2.53. The number of methoxy groups -OCH3 is 1. The van der Waals surface area contributed by atoms with Crippen LogP contribution in [-0.2, 0) is 10.0 Å². The zero-order valence-corrected chi connectivity index (χ0v) is 13.7. The molecule has 1 aromatic heterocycles. The molecular formula is C15H18N2O4S. The lowest BCUT2D eigenvalue weighted by Crippen LogP contribution is -2.22. The highest BCUT2D eigenvalue weighted by atomic mass is 32.2. The van der Waals surface area contributed by atoms with Gasteiger partial charge in [0.15, 0.2) is 6.29 Å².